The van der Waals surface area contributed by atoms with Crippen LogP contribution in [0.4, 0.5) is 0 Å². The largest absolute Gasteiger partial charge is 0.364 e. The Kier molecular flexibility index (Phi) is 4.57. The molecule has 2 heterocycles. The number of carbonyl (C=O) groups excluding carboxylic acids is 1. The summed E-state index contributed by atoms with van der Waals surface area (Å²) in [5.74, 6) is 0.124. The lowest BCUT2D eigenvalue weighted by Crippen LogP contribution is -2.63. The Morgan fingerprint density at radius 3 is 2.17 bits per heavy atom. The number of fused-ring (bicyclic) bond motifs is 1. The van der Waals surface area contributed by atoms with Gasteiger partial charge in [-0.3, -0.25) is 0 Å². The highest BCUT2D eigenvalue weighted by Crippen LogP contribution is 2.65. The highest BCUT2D eigenvalue weighted by atomic mass is 16.8. The Labute approximate surface area is 179 Å². The van der Waals surface area contributed by atoms with Crippen molar-refractivity contribution in [3.05, 3.63) is 71.8 Å². The highest BCUT2D eigenvalue weighted by molar-refractivity contribution is 5.86. The summed E-state index contributed by atoms with van der Waals surface area (Å²) < 4.78 is 6.46. The van der Waals surface area contributed by atoms with E-state index in [1.807, 2.05) is 48.4 Å². The number of benzene rings is 2. The number of hydrogen-bond acceptors (Lipinski definition) is 4. The van der Waals surface area contributed by atoms with Gasteiger partial charge in [-0.25, -0.2) is 4.79 Å². The van der Waals surface area contributed by atoms with Gasteiger partial charge in [-0.2, -0.15) is 0 Å². The molecule has 3 aliphatic rings. The summed E-state index contributed by atoms with van der Waals surface area (Å²) in [5, 5.41) is 1.99. The van der Waals surface area contributed by atoms with Gasteiger partial charge < -0.3 is 9.57 Å². The Bertz CT molecular complexity index is 922. The third kappa shape index (κ3) is 2.70. The van der Waals surface area contributed by atoms with Crippen LogP contribution in [0.5, 0.6) is 0 Å². The second-order valence-corrected chi connectivity index (χ2v) is 9.71. The first kappa shape index (κ1) is 19.8. The first-order valence-corrected chi connectivity index (χ1v) is 11.2. The molecule has 2 aromatic carbocycles. The second-order valence-electron chi connectivity index (χ2n) is 9.71. The predicted octanol–water partition coefficient (Wildman–Crippen LogP) is 5.33. The van der Waals surface area contributed by atoms with Crippen LogP contribution in [0.2, 0.25) is 0 Å². The van der Waals surface area contributed by atoms with Crippen molar-refractivity contribution in [3.8, 4) is 0 Å². The van der Waals surface area contributed by atoms with Crippen molar-refractivity contribution < 1.29 is 14.4 Å². The van der Waals surface area contributed by atoms with Gasteiger partial charge in [0.15, 0.2) is 11.2 Å². The molecule has 0 radical (unpaired) electrons. The zero-order valence-corrected chi connectivity index (χ0v) is 18.1. The SMILES string of the molecule is CC(C)(c1ccccc1)N1OC(=O)[C@@]2(C)O[C@@]2(c2ccccc2)[C@@H]1C1CCCCC1. The lowest BCUT2D eigenvalue weighted by atomic mass is 9.70. The molecular weight excluding hydrogens is 374 g/mol. The molecule has 30 heavy (non-hydrogen) atoms. The van der Waals surface area contributed by atoms with Crippen molar-refractivity contribution >= 4 is 5.97 Å². The van der Waals surface area contributed by atoms with Crippen molar-refractivity contribution in [1.82, 2.24) is 5.06 Å². The van der Waals surface area contributed by atoms with Crippen molar-refractivity contribution in [3.63, 3.8) is 0 Å². The minimum atomic E-state index is -0.931. The summed E-state index contributed by atoms with van der Waals surface area (Å²) in [6, 6.07) is 20.6. The highest BCUT2D eigenvalue weighted by Gasteiger charge is 2.82. The lowest BCUT2D eigenvalue weighted by molar-refractivity contribution is -0.266. The topological polar surface area (TPSA) is 42.1 Å². The number of nitrogens with zero attached hydrogens (tertiary/aromatic N) is 1. The Balaban J connectivity index is 1.66. The van der Waals surface area contributed by atoms with Gasteiger partial charge in [0.05, 0.1) is 11.6 Å². The maximum absolute atomic E-state index is 13.3. The van der Waals surface area contributed by atoms with E-state index in [4.69, 9.17) is 9.57 Å². The molecule has 2 aromatic rings. The molecule has 0 spiro atoms. The third-order valence-corrected chi connectivity index (χ3v) is 7.60. The Hall–Kier alpha value is -2.17. The van der Waals surface area contributed by atoms with Crippen LogP contribution in [0.15, 0.2) is 60.7 Å². The fourth-order valence-corrected chi connectivity index (χ4v) is 5.83. The maximum atomic E-state index is 13.3. The third-order valence-electron chi connectivity index (χ3n) is 7.60. The van der Waals surface area contributed by atoms with Gasteiger partial charge in [-0.05, 0) is 50.7 Å². The minimum Gasteiger partial charge on any atom is -0.364 e. The number of rotatable bonds is 4. The molecule has 5 rings (SSSR count). The van der Waals surface area contributed by atoms with E-state index in [1.165, 1.54) is 19.3 Å². The van der Waals surface area contributed by atoms with Gasteiger partial charge in [0, 0.05) is 0 Å². The van der Waals surface area contributed by atoms with Crippen LogP contribution >= 0.6 is 0 Å². The number of hydrogen-bond donors (Lipinski definition) is 0. The number of epoxide rings is 1. The lowest BCUT2D eigenvalue weighted by Gasteiger charge is -2.50. The van der Waals surface area contributed by atoms with Crippen LogP contribution in [0.1, 0.15) is 64.0 Å². The van der Waals surface area contributed by atoms with Crippen LogP contribution < -0.4 is 0 Å². The Morgan fingerprint density at radius 1 is 0.933 bits per heavy atom. The molecule has 158 valence electrons. The van der Waals surface area contributed by atoms with Crippen molar-refractivity contribution in [1.29, 1.82) is 0 Å². The summed E-state index contributed by atoms with van der Waals surface area (Å²) in [6.45, 7) is 6.20. The van der Waals surface area contributed by atoms with Crippen LogP contribution in [0.3, 0.4) is 0 Å². The first-order valence-electron chi connectivity index (χ1n) is 11.2. The van der Waals surface area contributed by atoms with Gasteiger partial charge in [0.25, 0.3) is 0 Å². The summed E-state index contributed by atoms with van der Waals surface area (Å²) in [5.41, 5.74) is 0.130. The molecule has 0 N–H and O–H groups in total. The average Bonchev–Trinajstić information content (AvgIpc) is 3.44. The van der Waals surface area contributed by atoms with Gasteiger partial charge in [-0.1, -0.05) is 79.9 Å². The molecule has 4 heteroatoms. The fraction of sp³-hybridized carbons (Fsp3) is 0.500. The summed E-state index contributed by atoms with van der Waals surface area (Å²) in [6.07, 6.45) is 5.99. The summed E-state index contributed by atoms with van der Waals surface area (Å²) in [7, 11) is 0. The van der Waals surface area contributed by atoms with Gasteiger partial charge in [0.2, 0.25) is 0 Å². The molecule has 0 unspecified atom stereocenters. The van der Waals surface area contributed by atoms with E-state index < -0.39 is 16.7 Å². The van der Waals surface area contributed by atoms with Gasteiger partial charge >= 0.3 is 5.97 Å². The summed E-state index contributed by atoms with van der Waals surface area (Å²) >= 11 is 0. The van der Waals surface area contributed by atoms with Crippen molar-refractivity contribution in [2.24, 2.45) is 5.92 Å². The molecule has 1 saturated carbocycles. The van der Waals surface area contributed by atoms with Crippen LogP contribution in [0.25, 0.3) is 0 Å². The number of ether oxygens (including phenoxy) is 1. The molecule has 0 bridgehead atoms. The molecule has 1 aliphatic carbocycles. The number of carbonyl (C=O) groups is 1. The Morgan fingerprint density at radius 2 is 1.53 bits per heavy atom. The predicted molar refractivity (Wildman–Crippen MR) is 115 cm³/mol. The maximum Gasteiger partial charge on any atom is 0.360 e. The van der Waals surface area contributed by atoms with E-state index in [0.29, 0.717) is 5.92 Å². The fourth-order valence-electron chi connectivity index (χ4n) is 5.83. The zero-order valence-electron chi connectivity index (χ0n) is 18.1. The monoisotopic (exact) mass is 405 g/mol. The standard InChI is InChI=1S/C26H31NO3/c1-24(2,20-15-9-5-10-16-20)27-22(19-13-7-4-8-14-19)26(21-17-11-6-12-18-21)25(3,30-26)23(28)29-27/h5-6,9-12,15-19,22H,4,7-8,13-14H2,1-3H3/t22-,25+,26-/m0/s1. The smallest absolute Gasteiger partial charge is 0.360 e. The van der Waals surface area contributed by atoms with E-state index >= 15 is 0 Å². The minimum absolute atomic E-state index is 0.0295. The molecule has 4 nitrogen and oxygen atoms in total. The van der Waals surface area contributed by atoms with Crippen molar-refractivity contribution in [2.75, 3.05) is 0 Å². The quantitative estimate of drug-likeness (QED) is 0.645. The van der Waals surface area contributed by atoms with E-state index in [9.17, 15) is 4.79 Å². The van der Waals surface area contributed by atoms with Crippen LogP contribution in [-0.4, -0.2) is 22.7 Å². The normalized spacial score (nSPS) is 32.4. The molecule has 0 amide bonds. The average molecular weight is 406 g/mol. The van der Waals surface area contributed by atoms with E-state index in [1.54, 1.807) is 0 Å². The van der Waals surface area contributed by atoms with E-state index in [-0.39, 0.29) is 12.0 Å². The van der Waals surface area contributed by atoms with E-state index in [0.717, 1.165) is 24.0 Å². The first-order chi connectivity index (χ1) is 14.4. The zero-order chi connectivity index (χ0) is 21.0. The summed E-state index contributed by atoms with van der Waals surface area (Å²) in [4.78, 5) is 19.4. The van der Waals surface area contributed by atoms with Crippen LogP contribution in [-0.2, 0) is 25.5 Å². The number of hydroxylamine groups is 2. The van der Waals surface area contributed by atoms with Crippen LogP contribution in [0, 0.1) is 5.92 Å². The second kappa shape index (κ2) is 6.93. The van der Waals surface area contributed by atoms with Crippen molar-refractivity contribution in [2.45, 2.75) is 75.7 Å². The molecule has 2 aliphatic heterocycles. The molecule has 3 atom stereocenters. The van der Waals surface area contributed by atoms with Gasteiger partial charge in [-0.15, -0.1) is 5.06 Å². The molecule has 0 aromatic heterocycles. The van der Waals surface area contributed by atoms with Gasteiger partial charge in [0.1, 0.15) is 0 Å². The molecular formula is C26H31NO3. The molecule has 2 saturated heterocycles. The molecule has 3 fully saturated rings. The van der Waals surface area contributed by atoms with E-state index in [2.05, 4.69) is 38.1 Å².